The van der Waals surface area contributed by atoms with Crippen LogP contribution in [0.4, 0.5) is 4.79 Å². The molecule has 150 valence electrons. The van der Waals surface area contributed by atoms with Gasteiger partial charge in [-0.05, 0) is 53.5 Å². The molecule has 1 N–H and O–H groups in total. The van der Waals surface area contributed by atoms with Crippen LogP contribution in [0.2, 0.25) is 0 Å². The van der Waals surface area contributed by atoms with Gasteiger partial charge < -0.3 is 19.4 Å². The van der Waals surface area contributed by atoms with Gasteiger partial charge in [-0.15, -0.1) is 0 Å². The molecule has 1 aromatic rings. The van der Waals surface area contributed by atoms with Crippen molar-refractivity contribution in [2.75, 3.05) is 0 Å². The van der Waals surface area contributed by atoms with Crippen LogP contribution in [-0.2, 0) is 9.53 Å². The van der Waals surface area contributed by atoms with Gasteiger partial charge in [0.05, 0.1) is 5.60 Å². The molecule has 0 aliphatic rings. The lowest BCUT2D eigenvalue weighted by molar-refractivity contribution is -0.116. The highest BCUT2D eigenvalue weighted by Gasteiger charge is 2.21. The van der Waals surface area contributed by atoms with Crippen LogP contribution in [0.5, 0.6) is 5.88 Å². The first-order chi connectivity index (χ1) is 11.9. The predicted molar refractivity (Wildman–Crippen MR) is 103 cm³/mol. The minimum Gasteiger partial charge on any atom is -0.428 e. The van der Waals surface area contributed by atoms with Crippen molar-refractivity contribution < 1.29 is 24.2 Å². The Labute approximate surface area is 157 Å². The fraction of sp³-hybridized carbons (Fsp3) is 0.650. The summed E-state index contributed by atoms with van der Waals surface area (Å²) >= 11 is 0. The molecule has 0 radical (unpaired) electrons. The summed E-state index contributed by atoms with van der Waals surface area (Å²) in [7, 11) is 0. The van der Waals surface area contributed by atoms with Crippen LogP contribution in [0.25, 0.3) is 0 Å². The summed E-state index contributed by atoms with van der Waals surface area (Å²) in [6.45, 7) is 14.6. The molecule has 0 spiro atoms. The molecule has 26 heavy (non-hydrogen) atoms. The number of carbonyl (C=O) groups excluding carboxylic acids is 2. The molecule has 6 heteroatoms. The number of carbonyl (C=O) groups is 2. The van der Waals surface area contributed by atoms with Crippen LogP contribution in [0.15, 0.2) is 24.4 Å². The standard InChI is InChI=1S/C11H15NO3.C5H12O.C4H8O/c1-4-11(2,3)15-10(13)14-9-7-5-6-8-12-9;1-4-5(2,3)6;1-3-4(2)5/h5-8H,4H2,1-3H3;6H,4H2,1-3H3;3H2,1-2H3. The van der Waals surface area contributed by atoms with Gasteiger partial charge >= 0.3 is 6.16 Å². The zero-order valence-corrected chi connectivity index (χ0v) is 17.5. The largest absolute Gasteiger partial charge is 0.515 e. The van der Waals surface area contributed by atoms with Crippen molar-refractivity contribution in [1.29, 1.82) is 0 Å². The van der Waals surface area contributed by atoms with E-state index in [1.165, 1.54) is 0 Å². The van der Waals surface area contributed by atoms with E-state index in [1.54, 1.807) is 45.2 Å². The van der Waals surface area contributed by atoms with Gasteiger partial charge in [0.2, 0.25) is 5.88 Å². The van der Waals surface area contributed by atoms with Gasteiger partial charge in [0.15, 0.2) is 0 Å². The maximum atomic E-state index is 11.3. The lowest BCUT2D eigenvalue weighted by Gasteiger charge is -2.22. The van der Waals surface area contributed by atoms with Gasteiger partial charge in [-0.3, -0.25) is 0 Å². The molecular weight excluding hydrogens is 334 g/mol. The lowest BCUT2D eigenvalue weighted by atomic mass is 10.1. The average Bonchev–Trinajstić information content (AvgIpc) is 2.55. The Hall–Kier alpha value is -1.95. The highest BCUT2D eigenvalue weighted by molar-refractivity contribution is 5.74. The molecule has 0 aliphatic carbocycles. The minimum atomic E-state index is -0.722. The van der Waals surface area contributed by atoms with Crippen LogP contribution < -0.4 is 4.74 Å². The molecule has 1 aromatic heterocycles. The fourth-order valence-electron chi connectivity index (χ4n) is 0.811. The maximum Gasteiger partial charge on any atom is 0.515 e. The third kappa shape index (κ3) is 18.4. The Morgan fingerprint density at radius 3 is 1.88 bits per heavy atom. The number of ketones is 1. The van der Waals surface area contributed by atoms with Gasteiger partial charge in [0.1, 0.15) is 11.4 Å². The molecule has 0 bridgehead atoms. The molecule has 6 nitrogen and oxygen atoms in total. The van der Waals surface area contributed by atoms with Crippen LogP contribution in [-0.4, -0.2) is 33.2 Å². The van der Waals surface area contributed by atoms with Gasteiger partial charge in [0, 0.05) is 18.7 Å². The monoisotopic (exact) mass is 369 g/mol. The third-order valence-electron chi connectivity index (χ3n) is 3.40. The average molecular weight is 370 g/mol. The Bertz CT molecular complexity index is 507. The number of hydrogen-bond acceptors (Lipinski definition) is 6. The summed E-state index contributed by atoms with van der Waals surface area (Å²) in [5.74, 6) is 0.499. The van der Waals surface area contributed by atoms with E-state index in [4.69, 9.17) is 14.6 Å². The topological polar surface area (TPSA) is 85.7 Å². The van der Waals surface area contributed by atoms with E-state index < -0.39 is 17.4 Å². The second-order valence-corrected chi connectivity index (χ2v) is 6.96. The smallest absolute Gasteiger partial charge is 0.428 e. The van der Waals surface area contributed by atoms with E-state index in [2.05, 4.69) is 4.98 Å². The first kappa shape index (κ1) is 26.3. The van der Waals surface area contributed by atoms with Crippen molar-refractivity contribution in [3.8, 4) is 5.88 Å². The van der Waals surface area contributed by atoms with E-state index in [1.807, 2.05) is 34.6 Å². The second-order valence-electron chi connectivity index (χ2n) is 6.96. The van der Waals surface area contributed by atoms with E-state index in [0.717, 1.165) is 12.8 Å². The van der Waals surface area contributed by atoms with E-state index in [9.17, 15) is 9.59 Å². The van der Waals surface area contributed by atoms with Crippen LogP contribution in [0.1, 0.15) is 74.7 Å². The van der Waals surface area contributed by atoms with E-state index in [0.29, 0.717) is 6.42 Å². The number of ether oxygens (including phenoxy) is 2. The first-order valence-corrected chi connectivity index (χ1v) is 8.90. The van der Waals surface area contributed by atoms with Crippen molar-refractivity contribution in [2.24, 2.45) is 0 Å². The van der Waals surface area contributed by atoms with Crippen molar-refractivity contribution >= 4 is 11.9 Å². The van der Waals surface area contributed by atoms with E-state index >= 15 is 0 Å². The Balaban J connectivity index is 0. The normalized spacial score (nSPS) is 10.5. The predicted octanol–water partition coefficient (Wildman–Crippen LogP) is 4.94. The second kappa shape index (κ2) is 13.3. The number of pyridine rings is 1. The van der Waals surface area contributed by atoms with Gasteiger partial charge in [-0.2, -0.15) is 0 Å². The summed E-state index contributed by atoms with van der Waals surface area (Å²) in [6, 6.07) is 5.08. The molecule has 0 fully saturated rings. The Kier molecular flexibility index (Phi) is 13.4. The molecule has 0 saturated carbocycles. The fourth-order valence-corrected chi connectivity index (χ4v) is 0.811. The maximum absolute atomic E-state index is 11.3. The summed E-state index contributed by atoms with van der Waals surface area (Å²) in [5, 5.41) is 8.83. The van der Waals surface area contributed by atoms with Crippen molar-refractivity contribution in [1.82, 2.24) is 4.98 Å². The molecule has 1 heterocycles. The highest BCUT2D eigenvalue weighted by atomic mass is 16.7. The van der Waals surface area contributed by atoms with Gasteiger partial charge in [0.25, 0.3) is 0 Å². The summed E-state index contributed by atoms with van der Waals surface area (Å²) in [5.41, 5.74) is -0.966. The highest BCUT2D eigenvalue weighted by Crippen LogP contribution is 2.15. The third-order valence-corrected chi connectivity index (χ3v) is 3.40. The van der Waals surface area contributed by atoms with Crippen molar-refractivity contribution in [3.05, 3.63) is 24.4 Å². The molecule has 0 unspecified atom stereocenters. The minimum absolute atomic E-state index is 0.245. The molecular formula is C20H35NO5. The summed E-state index contributed by atoms with van der Waals surface area (Å²) < 4.78 is 9.97. The quantitative estimate of drug-likeness (QED) is 0.740. The van der Waals surface area contributed by atoms with Crippen LogP contribution in [0.3, 0.4) is 0 Å². The summed E-state index contributed by atoms with van der Waals surface area (Å²) in [6.07, 6.45) is 3.05. The molecule has 0 amide bonds. The zero-order chi connectivity index (χ0) is 20.8. The SMILES string of the molecule is CCC(C)(C)O.CCC(C)(C)OC(=O)Oc1ccccn1.CCC(C)=O. The summed E-state index contributed by atoms with van der Waals surface area (Å²) in [4.78, 5) is 25.0. The number of Topliss-reactive ketones (excluding diaryl/α,β-unsaturated/α-hetero) is 1. The molecule has 0 saturated heterocycles. The Morgan fingerprint density at radius 1 is 1.08 bits per heavy atom. The number of nitrogens with zero attached hydrogens (tertiary/aromatic N) is 1. The molecule has 0 aliphatic heterocycles. The lowest BCUT2D eigenvalue weighted by Crippen LogP contribution is -2.28. The molecule has 0 atom stereocenters. The van der Waals surface area contributed by atoms with Crippen LogP contribution >= 0.6 is 0 Å². The van der Waals surface area contributed by atoms with Gasteiger partial charge in [-0.1, -0.05) is 26.8 Å². The Morgan fingerprint density at radius 2 is 1.58 bits per heavy atom. The van der Waals surface area contributed by atoms with Crippen LogP contribution in [0, 0.1) is 0 Å². The molecule has 0 aromatic carbocycles. The van der Waals surface area contributed by atoms with Crippen molar-refractivity contribution in [2.45, 2.75) is 85.9 Å². The molecule has 1 rings (SSSR count). The first-order valence-electron chi connectivity index (χ1n) is 8.90. The van der Waals surface area contributed by atoms with Gasteiger partial charge in [-0.25, -0.2) is 9.78 Å². The number of aliphatic hydroxyl groups is 1. The number of rotatable bonds is 5. The number of hydrogen-bond donors (Lipinski definition) is 1. The number of aromatic nitrogens is 1. The van der Waals surface area contributed by atoms with E-state index in [-0.39, 0.29) is 11.7 Å². The van der Waals surface area contributed by atoms with Crippen molar-refractivity contribution in [3.63, 3.8) is 0 Å². The zero-order valence-electron chi connectivity index (χ0n) is 17.5.